The molecule has 542 valence electrons. The highest BCUT2D eigenvalue weighted by Gasteiger charge is 2.20. The predicted octanol–water partition coefficient (Wildman–Crippen LogP) is 28.2. The number of esters is 1. The van der Waals surface area contributed by atoms with Crippen LogP contribution in [0.3, 0.4) is 0 Å². The van der Waals surface area contributed by atoms with Crippen LogP contribution in [0.1, 0.15) is 495 Å². The Kier molecular flexibility index (Phi) is 79.8. The summed E-state index contributed by atoms with van der Waals surface area (Å²) in [6, 6.07) is -0.538. The van der Waals surface area contributed by atoms with E-state index in [-0.39, 0.29) is 18.5 Å². The molecule has 0 radical (unpaired) electrons. The highest BCUT2D eigenvalue weighted by molar-refractivity contribution is 5.76. The van der Waals surface area contributed by atoms with Crippen LogP contribution in [0.25, 0.3) is 0 Å². The first kappa shape index (κ1) is 89.6. The summed E-state index contributed by atoms with van der Waals surface area (Å²) in [5, 5.41) is 23.5. The lowest BCUT2D eigenvalue weighted by Gasteiger charge is -2.22. The fraction of sp³-hybridized carbons (Fsp3) is 0.953. The maximum Gasteiger partial charge on any atom is 0.305 e. The minimum Gasteiger partial charge on any atom is -0.466 e. The molecule has 2 atom stereocenters. The van der Waals surface area contributed by atoms with Crippen LogP contribution < -0.4 is 5.32 Å². The molecule has 0 saturated carbocycles. The predicted molar refractivity (Wildman–Crippen MR) is 403 cm³/mol. The molecule has 0 aromatic heterocycles. The van der Waals surface area contributed by atoms with E-state index in [0.29, 0.717) is 25.9 Å². The third-order valence-electron chi connectivity index (χ3n) is 20.3. The summed E-state index contributed by atoms with van der Waals surface area (Å²) in [5.74, 6) is 0.00186. The standard InChI is InChI=1S/C85H167NO5/c1-3-5-7-9-11-13-15-17-19-20-21-43-46-50-53-57-61-65-69-73-77-83(88)82(81-87)86-84(89)78-74-70-66-62-58-54-51-47-44-41-39-37-35-33-31-29-27-25-23-22-24-26-28-30-32-34-36-38-40-42-45-48-52-56-60-64-68-72-76-80-91-85(90)79-75-71-67-63-59-55-49-18-16-14-12-10-8-6-4-2/h22-23,82-83,87-88H,3-21,24-81H2,1-2H3,(H,86,89)/b23-22-. The van der Waals surface area contributed by atoms with E-state index < -0.39 is 12.1 Å². The number of hydrogen-bond donors (Lipinski definition) is 3. The van der Waals surface area contributed by atoms with Crippen molar-refractivity contribution in [1.29, 1.82) is 0 Å². The van der Waals surface area contributed by atoms with Crippen molar-refractivity contribution in [2.24, 2.45) is 0 Å². The maximum absolute atomic E-state index is 12.6. The van der Waals surface area contributed by atoms with Gasteiger partial charge in [-0.25, -0.2) is 0 Å². The van der Waals surface area contributed by atoms with Crippen molar-refractivity contribution in [1.82, 2.24) is 5.32 Å². The summed E-state index contributed by atoms with van der Waals surface area (Å²) >= 11 is 0. The summed E-state index contributed by atoms with van der Waals surface area (Å²) in [5.41, 5.74) is 0. The van der Waals surface area contributed by atoms with Gasteiger partial charge in [0.15, 0.2) is 0 Å². The first-order valence-corrected chi connectivity index (χ1v) is 42.4. The van der Waals surface area contributed by atoms with E-state index in [1.54, 1.807) is 0 Å². The van der Waals surface area contributed by atoms with Gasteiger partial charge in [-0.05, 0) is 51.4 Å². The lowest BCUT2D eigenvalue weighted by molar-refractivity contribution is -0.143. The Balaban J connectivity index is 3.31. The molecule has 6 heteroatoms. The number of carbonyl (C=O) groups is 2. The number of aliphatic hydroxyl groups excluding tert-OH is 2. The molecule has 0 aliphatic rings. The zero-order valence-electron chi connectivity index (χ0n) is 62.4. The molecule has 0 aromatic rings. The summed E-state index contributed by atoms with van der Waals surface area (Å²) in [6.07, 6.45) is 103. The molecule has 0 spiro atoms. The number of aliphatic hydroxyl groups is 2. The molecular weight excluding hydrogens is 1110 g/mol. The summed E-state index contributed by atoms with van der Waals surface area (Å²) in [7, 11) is 0. The fourth-order valence-electron chi connectivity index (χ4n) is 13.9. The number of rotatable bonds is 81. The summed E-state index contributed by atoms with van der Waals surface area (Å²) in [4.78, 5) is 24.7. The first-order chi connectivity index (χ1) is 45.0. The maximum atomic E-state index is 12.6. The molecule has 6 nitrogen and oxygen atoms in total. The van der Waals surface area contributed by atoms with Crippen LogP contribution in [0.2, 0.25) is 0 Å². The number of hydrogen-bond acceptors (Lipinski definition) is 5. The second kappa shape index (κ2) is 81.0. The Labute approximate surface area is 571 Å². The molecule has 0 fully saturated rings. The third kappa shape index (κ3) is 77.5. The Morgan fingerprint density at radius 1 is 0.297 bits per heavy atom. The Morgan fingerprint density at radius 3 is 0.780 bits per heavy atom. The monoisotopic (exact) mass is 1280 g/mol. The van der Waals surface area contributed by atoms with Crippen molar-refractivity contribution >= 4 is 11.9 Å². The number of carbonyl (C=O) groups excluding carboxylic acids is 2. The molecule has 2 unspecified atom stereocenters. The van der Waals surface area contributed by atoms with Crippen LogP contribution in [-0.2, 0) is 14.3 Å². The van der Waals surface area contributed by atoms with Crippen molar-refractivity contribution in [2.45, 2.75) is 508 Å². The van der Waals surface area contributed by atoms with Gasteiger partial charge in [0.2, 0.25) is 5.91 Å². The van der Waals surface area contributed by atoms with Crippen LogP contribution >= 0.6 is 0 Å². The molecule has 0 aliphatic heterocycles. The zero-order chi connectivity index (χ0) is 65.6. The van der Waals surface area contributed by atoms with Gasteiger partial charge >= 0.3 is 5.97 Å². The van der Waals surface area contributed by atoms with Crippen LogP contribution in [0, 0.1) is 0 Å². The van der Waals surface area contributed by atoms with E-state index in [0.717, 1.165) is 38.5 Å². The van der Waals surface area contributed by atoms with E-state index in [1.165, 1.54) is 424 Å². The van der Waals surface area contributed by atoms with Gasteiger partial charge in [0.05, 0.1) is 25.4 Å². The van der Waals surface area contributed by atoms with E-state index in [9.17, 15) is 19.8 Å². The average molecular weight is 1280 g/mol. The Hall–Kier alpha value is -1.40. The molecule has 0 saturated heterocycles. The number of ether oxygens (including phenoxy) is 1. The van der Waals surface area contributed by atoms with E-state index in [1.807, 2.05) is 0 Å². The fourth-order valence-corrected chi connectivity index (χ4v) is 13.9. The molecular formula is C85H167NO5. The van der Waals surface area contributed by atoms with Gasteiger partial charge in [-0.2, -0.15) is 0 Å². The topological polar surface area (TPSA) is 95.9 Å². The van der Waals surface area contributed by atoms with Crippen LogP contribution in [0.15, 0.2) is 12.2 Å². The minimum absolute atomic E-state index is 0.0248. The molecule has 0 bridgehead atoms. The summed E-state index contributed by atoms with van der Waals surface area (Å²) in [6.45, 7) is 5.02. The Bertz CT molecular complexity index is 1380. The van der Waals surface area contributed by atoms with Crippen LogP contribution in [-0.4, -0.2) is 47.4 Å². The van der Waals surface area contributed by atoms with Crippen molar-refractivity contribution < 1.29 is 24.5 Å². The molecule has 1 amide bonds. The average Bonchev–Trinajstić information content (AvgIpc) is 3.63. The van der Waals surface area contributed by atoms with Gasteiger partial charge < -0.3 is 20.3 Å². The SMILES string of the molecule is CCCCCCCCCCCCCCCCCCCCCCC(O)C(CO)NC(=O)CCCCCCCCCCCCCCCCCCC/C=C\CCCCCCCCCCCCCCCCCCCCOC(=O)CCCCCCCCCCCCCCCCC. The quantitative estimate of drug-likeness (QED) is 0.0320. The van der Waals surface area contributed by atoms with Gasteiger partial charge in [0, 0.05) is 12.8 Å². The van der Waals surface area contributed by atoms with Gasteiger partial charge in [-0.3, -0.25) is 9.59 Å². The zero-order valence-corrected chi connectivity index (χ0v) is 62.4. The number of unbranched alkanes of at least 4 members (excludes halogenated alkanes) is 68. The van der Waals surface area contributed by atoms with Crippen LogP contribution in [0.4, 0.5) is 0 Å². The first-order valence-electron chi connectivity index (χ1n) is 42.4. The highest BCUT2D eigenvalue weighted by atomic mass is 16.5. The van der Waals surface area contributed by atoms with Gasteiger partial charge in [-0.1, -0.05) is 443 Å². The van der Waals surface area contributed by atoms with Crippen molar-refractivity contribution in [3.05, 3.63) is 12.2 Å². The lowest BCUT2D eigenvalue weighted by atomic mass is 10.0. The van der Waals surface area contributed by atoms with Crippen molar-refractivity contribution in [3.8, 4) is 0 Å². The van der Waals surface area contributed by atoms with E-state index >= 15 is 0 Å². The smallest absolute Gasteiger partial charge is 0.305 e. The highest BCUT2D eigenvalue weighted by Crippen LogP contribution is 2.21. The van der Waals surface area contributed by atoms with Gasteiger partial charge in [-0.15, -0.1) is 0 Å². The largest absolute Gasteiger partial charge is 0.466 e. The second-order valence-electron chi connectivity index (χ2n) is 29.5. The molecule has 0 rings (SSSR count). The van der Waals surface area contributed by atoms with Crippen molar-refractivity contribution in [3.63, 3.8) is 0 Å². The van der Waals surface area contributed by atoms with Gasteiger partial charge in [0.1, 0.15) is 0 Å². The third-order valence-corrected chi connectivity index (χ3v) is 20.3. The van der Waals surface area contributed by atoms with Crippen molar-refractivity contribution in [2.75, 3.05) is 13.2 Å². The molecule has 91 heavy (non-hydrogen) atoms. The van der Waals surface area contributed by atoms with Crippen LogP contribution in [0.5, 0.6) is 0 Å². The molecule has 3 N–H and O–H groups in total. The van der Waals surface area contributed by atoms with E-state index in [4.69, 9.17) is 4.74 Å². The lowest BCUT2D eigenvalue weighted by Crippen LogP contribution is -2.45. The molecule has 0 heterocycles. The second-order valence-corrected chi connectivity index (χ2v) is 29.5. The summed E-state index contributed by atoms with van der Waals surface area (Å²) < 4.78 is 5.51. The van der Waals surface area contributed by atoms with Gasteiger partial charge in [0.25, 0.3) is 0 Å². The number of allylic oxidation sites excluding steroid dienone is 2. The normalized spacial score (nSPS) is 12.4. The Morgan fingerprint density at radius 2 is 0.516 bits per heavy atom. The minimum atomic E-state index is -0.662. The number of amides is 1. The molecule has 0 aromatic carbocycles. The number of nitrogens with one attached hydrogen (secondary N) is 1. The van der Waals surface area contributed by atoms with E-state index in [2.05, 4.69) is 31.3 Å². The molecule has 0 aliphatic carbocycles.